The number of piperidine rings is 2. The maximum atomic E-state index is 13.0. The largest absolute Gasteiger partial charge is 0.450 e. The molecule has 2 aliphatic heterocycles. The standard InChI is InChI=1S/C24H33N3O4S/c1-3-31-23(30)27-12-8-17(9-13-27)25-21(28)19-16-24(19)10-14-26(15-11-24)22(29)18-6-4-5-7-20(18)32-2/h4-7,17,19H,3,8-16H2,1-2H3,(H,25,28). The lowest BCUT2D eigenvalue weighted by atomic mass is 9.90. The fourth-order valence-corrected chi connectivity index (χ4v) is 5.73. The predicted octanol–water partition coefficient (Wildman–Crippen LogP) is 3.39. The molecule has 8 heteroatoms. The first-order valence-corrected chi connectivity index (χ1v) is 12.8. The Hall–Kier alpha value is -2.22. The van der Waals surface area contributed by atoms with Crippen molar-refractivity contribution in [3.8, 4) is 0 Å². The van der Waals surface area contributed by atoms with Crippen molar-refractivity contribution in [3.63, 3.8) is 0 Å². The van der Waals surface area contributed by atoms with Crippen LogP contribution in [0.4, 0.5) is 4.79 Å². The van der Waals surface area contributed by atoms with Crippen LogP contribution in [0.1, 0.15) is 49.4 Å². The van der Waals surface area contributed by atoms with E-state index < -0.39 is 0 Å². The molecule has 2 saturated heterocycles. The number of thioether (sulfide) groups is 1. The SMILES string of the molecule is CCOC(=O)N1CCC(NC(=O)C2CC23CCN(C(=O)c2ccccc2SC)CC3)CC1. The van der Waals surface area contributed by atoms with E-state index in [2.05, 4.69) is 5.32 Å². The van der Waals surface area contributed by atoms with Gasteiger partial charge < -0.3 is 19.9 Å². The molecule has 2 heterocycles. The lowest BCUT2D eigenvalue weighted by Crippen LogP contribution is -2.47. The van der Waals surface area contributed by atoms with Crippen LogP contribution in [-0.2, 0) is 9.53 Å². The van der Waals surface area contributed by atoms with Gasteiger partial charge in [-0.25, -0.2) is 4.79 Å². The Bertz CT molecular complexity index is 861. The van der Waals surface area contributed by atoms with Crippen LogP contribution in [0, 0.1) is 11.3 Å². The monoisotopic (exact) mass is 459 g/mol. The highest BCUT2D eigenvalue weighted by molar-refractivity contribution is 7.98. The zero-order chi connectivity index (χ0) is 22.7. The molecular formula is C24H33N3O4S. The summed E-state index contributed by atoms with van der Waals surface area (Å²) in [5, 5.41) is 3.22. The van der Waals surface area contributed by atoms with E-state index in [9.17, 15) is 14.4 Å². The minimum atomic E-state index is -0.264. The van der Waals surface area contributed by atoms with Gasteiger partial charge in [0, 0.05) is 43.0 Å². The quantitative estimate of drug-likeness (QED) is 0.683. The summed E-state index contributed by atoms with van der Waals surface area (Å²) in [7, 11) is 0. The Kier molecular flexibility index (Phi) is 6.98. The number of likely N-dealkylation sites (tertiary alicyclic amines) is 2. The minimum absolute atomic E-state index is 0.0568. The number of ether oxygens (including phenoxy) is 1. The summed E-state index contributed by atoms with van der Waals surface area (Å²) >= 11 is 1.60. The molecule has 1 saturated carbocycles. The molecular weight excluding hydrogens is 426 g/mol. The van der Waals surface area contributed by atoms with Gasteiger partial charge in [0.15, 0.2) is 0 Å². The second-order valence-corrected chi connectivity index (χ2v) is 9.93. The van der Waals surface area contributed by atoms with E-state index in [4.69, 9.17) is 4.74 Å². The lowest BCUT2D eigenvalue weighted by molar-refractivity contribution is -0.124. The molecule has 3 aliphatic rings. The molecule has 1 N–H and O–H groups in total. The first-order chi connectivity index (χ1) is 15.5. The number of carbonyl (C=O) groups is 3. The van der Waals surface area contributed by atoms with Crippen LogP contribution in [0.3, 0.4) is 0 Å². The van der Waals surface area contributed by atoms with Crippen molar-refractivity contribution in [2.24, 2.45) is 11.3 Å². The van der Waals surface area contributed by atoms with Crippen molar-refractivity contribution in [1.29, 1.82) is 0 Å². The first kappa shape index (κ1) is 23.0. The van der Waals surface area contributed by atoms with E-state index in [0.29, 0.717) is 32.8 Å². The van der Waals surface area contributed by atoms with Crippen LogP contribution in [0.15, 0.2) is 29.2 Å². The highest BCUT2D eigenvalue weighted by atomic mass is 32.2. The van der Waals surface area contributed by atoms with Crippen LogP contribution < -0.4 is 5.32 Å². The van der Waals surface area contributed by atoms with E-state index in [1.54, 1.807) is 23.6 Å². The number of amides is 3. The first-order valence-electron chi connectivity index (χ1n) is 11.6. The van der Waals surface area contributed by atoms with Crippen LogP contribution in [0.25, 0.3) is 0 Å². The zero-order valence-electron chi connectivity index (χ0n) is 19.0. The van der Waals surface area contributed by atoms with Crippen molar-refractivity contribution in [2.75, 3.05) is 39.0 Å². The summed E-state index contributed by atoms with van der Waals surface area (Å²) in [6, 6.07) is 7.88. The van der Waals surface area contributed by atoms with Gasteiger partial charge in [-0.15, -0.1) is 11.8 Å². The van der Waals surface area contributed by atoms with E-state index in [0.717, 1.165) is 42.6 Å². The topological polar surface area (TPSA) is 79.0 Å². The molecule has 3 fully saturated rings. The molecule has 174 valence electrons. The molecule has 0 radical (unpaired) electrons. The number of hydrogen-bond donors (Lipinski definition) is 1. The number of nitrogens with zero attached hydrogens (tertiary/aromatic N) is 2. The smallest absolute Gasteiger partial charge is 0.409 e. The molecule has 1 atom stereocenters. The molecule has 7 nitrogen and oxygen atoms in total. The highest BCUT2D eigenvalue weighted by Crippen LogP contribution is 2.59. The third-order valence-corrected chi connectivity index (χ3v) is 8.05. The summed E-state index contributed by atoms with van der Waals surface area (Å²) in [5.41, 5.74) is 0.834. The van der Waals surface area contributed by atoms with Crippen molar-refractivity contribution in [2.45, 2.75) is 50.0 Å². The molecule has 3 amide bonds. The second kappa shape index (κ2) is 9.73. The number of rotatable bonds is 5. The third kappa shape index (κ3) is 4.75. The molecule has 1 spiro atoms. The van der Waals surface area contributed by atoms with Gasteiger partial charge in [0.2, 0.25) is 5.91 Å². The van der Waals surface area contributed by atoms with Crippen molar-refractivity contribution in [1.82, 2.24) is 15.1 Å². The number of carbonyl (C=O) groups excluding carboxylic acids is 3. The molecule has 1 aromatic rings. The van der Waals surface area contributed by atoms with Gasteiger partial charge in [-0.2, -0.15) is 0 Å². The summed E-state index contributed by atoms with van der Waals surface area (Å²) in [6.07, 6.45) is 5.96. The Morgan fingerprint density at radius 1 is 1.09 bits per heavy atom. The molecule has 1 aliphatic carbocycles. The summed E-state index contributed by atoms with van der Waals surface area (Å²) < 4.78 is 5.06. The molecule has 1 aromatic carbocycles. The minimum Gasteiger partial charge on any atom is -0.450 e. The average Bonchev–Trinajstić information content (AvgIpc) is 3.53. The van der Waals surface area contributed by atoms with Crippen molar-refractivity contribution in [3.05, 3.63) is 29.8 Å². The van der Waals surface area contributed by atoms with E-state index in [1.807, 2.05) is 35.4 Å². The van der Waals surface area contributed by atoms with Gasteiger partial charge in [0.25, 0.3) is 5.91 Å². The second-order valence-electron chi connectivity index (χ2n) is 9.08. The van der Waals surface area contributed by atoms with E-state index >= 15 is 0 Å². The predicted molar refractivity (Wildman–Crippen MR) is 124 cm³/mol. The van der Waals surface area contributed by atoms with Crippen LogP contribution in [0.5, 0.6) is 0 Å². The lowest BCUT2D eigenvalue weighted by Gasteiger charge is -2.34. The van der Waals surface area contributed by atoms with Crippen molar-refractivity contribution >= 4 is 29.7 Å². The van der Waals surface area contributed by atoms with Gasteiger partial charge in [-0.05, 0) is 62.8 Å². The molecule has 0 aromatic heterocycles. The number of benzene rings is 1. The van der Waals surface area contributed by atoms with Gasteiger partial charge in [0.05, 0.1) is 12.2 Å². The third-order valence-electron chi connectivity index (χ3n) is 7.26. The normalized spacial score (nSPS) is 22.5. The van der Waals surface area contributed by atoms with Crippen LogP contribution >= 0.6 is 11.8 Å². The van der Waals surface area contributed by atoms with E-state index in [-0.39, 0.29) is 35.3 Å². The Balaban J connectivity index is 1.24. The van der Waals surface area contributed by atoms with Gasteiger partial charge >= 0.3 is 6.09 Å². The zero-order valence-corrected chi connectivity index (χ0v) is 19.8. The Labute approximate surface area is 194 Å². The number of nitrogens with one attached hydrogen (secondary N) is 1. The maximum Gasteiger partial charge on any atom is 0.409 e. The maximum absolute atomic E-state index is 13.0. The van der Waals surface area contributed by atoms with Crippen LogP contribution in [-0.4, -0.2) is 72.8 Å². The molecule has 32 heavy (non-hydrogen) atoms. The summed E-state index contributed by atoms with van der Waals surface area (Å²) in [6.45, 7) is 4.85. The Morgan fingerprint density at radius 2 is 1.78 bits per heavy atom. The number of hydrogen-bond acceptors (Lipinski definition) is 5. The highest BCUT2D eigenvalue weighted by Gasteiger charge is 2.59. The van der Waals surface area contributed by atoms with Crippen LogP contribution in [0.2, 0.25) is 0 Å². The van der Waals surface area contributed by atoms with Gasteiger partial charge in [-0.3, -0.25) is 9.59 Å². The Morgan fingerprint density at radius 3 is 2.44 bits per heavy atom. The summed E-state index contributed by atoms with van der Waals surface area (Å²) in [4.78, 5) is 42.4. The fraction of sp³-hybridized carbons (Fsp3) is 0.625. The van der Waals surface area contributed by atoms with E-state index in [1.165, 1.54) is 0 Å². The average molecular weight is 460 g/mol. The molecule has 0 bridgehead atoms. The molecule has 1 unspecified atom stereocenters. The fourth-order valence-electron chi connectivity index (χ4n) is 5.14. The van der Waals surface area contributed by atoms with Crippen molar-refractivity contribution < 1.29 is 19.1 Å². The summed E-state index contributed by atoms with van der Waals surface area (Å²) in [5.74, 6) is 0.299. The van der Waals surface area contributed by atoms with Gasteiger partial charge in [0.1, 0.15) is 0 Å². The molecule has 4 rings (SSSR count). The van der Waals surface area contributed by atoms with Gasteiger partial charge in [-0.1, -0.05) is 12.1 Å².